The fraction of sp³-hybridized carbons (Fsp3) is 0.357. The summed E-state index contributed by atoms with van der Waals surface area (Å²) in [5.74, 6) is -0.199. The summed E-state index contributed by atoms with van der Waals surface area (Å²) in [6, 6.07) is 0. The highest BCUT2D eigenvalue weighted by molar-refractivity contribution is 7.16. The lowest BCUT2D eigenvalue weighted by molar-refractivity contribution is 0.102. The Bertz CT molecular complexity index is 862. The number of aryl methyl sites for hydroxylation is 1. The minimum absolute atomic E-state index is 0.199. The third-order valence-electron chi connectivity index (χ3n) is 3.76. The van der Waals surface area contributed by atoms with Crippen molar-refractivity contribution < 1.29 is 4.79 Å². The zero-order chi connectivity index (χ0) is 15.3. The number of fused-ring (bicyclic) bond motifs is 2. The predicted octanol–water partition coefficient (Wildman–Crippen LogP) is 2.40. The highest BCUT2D eigenvalue weighted by atomic mass is 32.1. The summed E-state index contributed by atoms with van der Waals surface area (Å²) in [7, 11) is 2.10. The number of amides is 1. The van der Waals surface area contributed by atoms with Crippen LogP contribution < -0.4 is 5.32 Å². The maximum Gasteiger partial charge on any atom is 0.277 e. The third kappa shape index (κ3) is 2.33. The van der Waals surface area contributed by atoms with Crippen LogP contribution in [0, 0.1) is 6.92 Å². The molecule has 1 aliphatic heterocycles. The van der Waals surface area contributed by atoms with Gasteiger partial charge in [0.1, 0.15) is 5.69 Å². The number of thiazole rings is 2. The largest absolute Gasteiger partial charge is 0.301 e. The van der Waals surface area contributed by atoms with Gasteiger partial charge >= 0.3 is 0 Å². The lowest BCUT2D eigenvalue weighted by atomic mass is 10.2. The maximum absolute atomic E-state index is 12.3. The first-order valence-corrected chi connectivity index (χ1v) is 8.71. The zero-order valence-corrected chi connectivity index (χ0v) is 13.9. The van der Waals surface area contributed by atoms with E-state index in [9.17, 15) is 4.79 Å². The SMILES string of the molecule is Cc1csc2nc(C(=O)Nc3nc4c(s3)CN(C)CC4)cn12. The summed E-state index contributed by atoms with van der Waals surface area (Å²) in [4.78, 5) is 25.6. The van der Waals surface area contributed by atoms with Gasteiger partial charge in [0, 0.05) is 41.7 Å². The van der Waals surface area contributed by atoms with E-state index in [0.717, 1.165) is 35.9 Å². The molecule has 0 atom stereocenters. The smallest absolute Gasteiger partial charge is 0.277 e. The molecule has 22 heavy (non-hydrogen) atoms. The van der Waals surface area contributed by atoms with Crippen molar-refractivity contribution in [2.24, 2.45) is 0 Å². The Hall–Kier alpha value is -1.77. The molecule has 0 bridgehead atoms. The zero-order valence-electron chi connectivity index (χ0n) is 12.3. The summed E-state index contributed by atoms with van der Waals surface area (Å²) < 4.78 is 1.93. The lowest BCUT2D eigenvalue weighted by Gasteiger charge is -2.20. The van der Waals surface area contributed by atoms with Crippen molar-refractivity contribution in [3.05, 3.63) is 33.5 Å². The second kappa shape index (κ2) is 5.15. The Labute approximate surface area is 135 Å². The van der Waals surface area contributed by atoms with E-state index in [1.165, 1.54) is 16.2 Å². The normalized spacial score (nSPS) is 15.2. The Morgan fingerprint density at radius 3 is 3.09 bits per heavy atom. The standard InChI is InChI=1S/C14H15N5OS2/c1-8-7-21-14-16-10(5-19(8)14)12(20)17-13-15-9-3-4-18(2)6-11(9)22-13/h5,7H,3-4,6H2,1-2H3,(H,15,17,20). The molecule has 8 heteroatoms. The molecule has 3 aromatic heterocycles. The van der Waals surface area contributed by atoms with Crippen LogP contribution in [0.25, 0.3) is 4.96 Å². The number of nitrogens with zero attached hydrogens (tertiary/aromatic N) is 4. The molecule has 1 N–H and O–H groups in total. The van der Waals surface area contributed by atoms with E-state index in [4.69, 9.17) is 0 Å². The van der Waals surface area contributed by atoms with Gasteiger partial charge in [0.15, 0.2) is 10.1 Å². The summed E-state index contributed by atoms with van der Waals surface area (Å²) >= 11 is 3.09. The van der Waals surface area contributed by atoms with E-state index < -0.39 is 0 Å². The summed E-state index contributed by atoms with van der Waals surface area (Å²) in [5.41, 5.74) is 2.62. The van der Waals surface area contributed by atoms with Crippen molar-refractivity contribution >= 4 is 38.7 Å². The van der Waals surface area contributed by atoms with Crippen LogP contribution in [0.3, 0.4) is 0 Å². The Kier molecular flexibility index (Phi) is 3.24. The van der Waals surface area contributed by atoms with Gasteiger partial charge in [-0.1, -0.05) is 0 Å². The molecule has 0 saturated carbocycles. The second-order valence-electron chi connectivity index (χ2n) is 5.49. The first-order chi connectivity index (χ1) is 10.6. The highest BCUT2D eigenvalue weighted by Crippen LogP contribution is 2.28. The van der Waals surface area contributed by atoms with Crippen LogP contribution in [-0.4, -0.2) is 38.8 Å². The molecule has 0 radical (unpaired) electrons. The van der Waals surface area contributed by atoms with E-state index in [-0.39, 0.29) is 5.91 Å². The molecule has 0 aromatic carbocycles. The van der Waals surface area contributed by atoms with Crippen LogP contribution in [0.2, 0.25) is 0 Å². The molecule has 0 saturated heterocycles. The van der Waals surface area contributed by atoms with Gasteiger partial charge in [-0.15, -0.1) is 22.7 Å². The van der Waals surface area contributed by atoms with Crippen molar-refractivity contribution in [3.63, 3.8) is 0 Å². The third-order valence-corrected chi connectivity index (χ3v) is 5.72. The monoisotopic (exact) mass is 333 g/mol. The highest BCUT2D eigenvalue weighted by Gasteiger charge is 2.20. The fourth-order valence-corrected chi connectivity index (χ4v) is 4.48. The molecule has 1 amide bonds. The minimum Gasteiger partial charge on any atom is -0.301 e. The molecule has 1 aliphatic rings. The fourth-order valence-electron chi connectivity index (χ4n) is 2.54. The van der Waals surface area contributed by atoms with Crippen molar-refractivity contribution in [3.8, 4) is 0 Å². The number of rotatable bonds is 2. The Balaban J connectivity index is 1.56. The lowest BCUT2D eigenvalue weighted by Crippen LogP contribution is -2.25. The molecular formula is C14H15N5OS2. The molecular weight excluding hydrogens is 318 g/mol. The topological polar surface area (TPSA) is 62.5 Å². The molecule has 4 rings (SSSR count). The minimum atomic E-state index is -0.199. The van der Waals surface area contributed by atoms with Gasteiger partial charge in [-0.2, -0.15) is 0 Å². The average molecular weight is 333 g/mol. The van der Waals surface area contributed by atoms with Gasteiger partial charge in [-0.05, 0) is 14.0 Å². The van der Waals surface area contributed by atoms with Crippen molar-refractivity contribution in [2.75, 3.05) is 18.9 Å². The van der Waals surface area contributed by atoms with Gasteiger partial charge < -0.3 is 4.90 Å². The molecule has 3 aromatic rings. The molecule has 0 unspecified atom stereocenters. The quantitative estimate of drug-likeness (QED) is 0.782. The number of carbonyl (C=O) groups excluding carboxylic acids is 1. The molecule has 0 spiro atoms. The van der Waals surface area contributed by atoms with Crippen molar-refractivity contribution in [2.45, 2.75) is 19.9 Å². The van der Waals surface area contributed by atoms with Crippen LogP contribution in [0.15, 0.2) is 11.6 Å². The summed E-state index contributed by atoms with van der Waals surface area (Å²) in [6.45, 7) is 3.92. The van der Waals surface area contributed by atoms with Crippen LogP contribution in [0.1, 0.15) is 26.8 Å². The number of aromatic nitrogens is 3. The number of nitrogens with one attached hydrogen (secondary N) is 1. The summed E-state index contributed by atoms with van der Waals surface area (Å²) in [5, 5.41) is 5.57. The molecule has 0 aliphatic carbocycles. The van der Waals surface area contributed by atoms with Crippen molar-refractivity contribution in [1.29, 1.82) is 0 Å². The van der Waals surface area contributed by atoms with Gasteiger partial charge in [0.05, 0.1) is 5.69 Å². The molecule has 114 valence electrons. The Morgan fingerprint density at radius 2 is 2.27 bits per heavy atom. The van der Waals surface area contributed by atoms with Crippen LogP contribution >= 0.6 is 22.7 Å². The van der Waals surface area contributed by atoms with Gasteiger partial charge in [0.25, 0.3) is 5.91 Å². The number of hydrogen-bond donors (Lipinski definition) is 1. The van der Waals surface area contributed by atoms with E-state index in [1.54, 1.807) is 17.5 Å². The van der Waals surface area contributed by atoms with E-state index in [2.05, 4.69) is 27.2 Å². The van der Waals surface area contributed by atoms with E-state index in [0.29, 0.717) is 10.8 Å². The number of likely N-dealkylation sites (N-methyl/N-ethyl adjacent to an activating group) is 1. The first-order valence-electron chi connectivity index (χ1n) is 7.02. The van der Waals surface area contributed by atoms with Crippen LogP contribution in [0.4, 0.5) is 5.13 Å². The first kappa shape index (κ1) is 13.9. The number of imidazole rings is 1. The van der Waals surface area contributed by atoms with Gasteiger partial charge in [0.2, 0.25) is 0 Å². The van der Waals surface area contributed by atoms with Crippen molar-refractivity contribution in [1.82, 2.24) is 19.3 Å². The predicted molar refractivity (Wildman–Crippen MR) is 87.9 cm³/mol. The molecule has 6 nitrogen and oxygen atoms in total. The van der Waals surface area contributed by atoms with Gasteiger partial charge in [-0.25, -0.2) is 9.97 Å². The number of hydrogen-bond acceptors (Lipinski definition) is 6. The second-order valence-corrected chi connectivity index (χ2v) is 7.41. The van der Waals surface area contributed by atoms with Crippen LogP contribution in [-0.2, 0) is 13.0 Å². The molecule has 0 fully saturated rings. The van der Waals surface area contributed by atoms with Crippen LogP contribution in [0.5, 0.6) is 0 Å². The summed E-state index contributed by atoms with van der Waals surface area (Å²) in [6.07, 6.45) is 2.72. The van der Waals surface area contributed by atoms with Gasteiger partial charge in [-0.3, -0.25) is 14.5 Å². The Morgan fingerprint density at radius 1 is 1.41 bits per heavy atom. The van der Waals surface area contributed by atoms with E-state index >= 15 is 0 Å². The number of carbonyl (C=O) groups is 1. The number of anilines is 1. The average Bonchev–Trinajstić information content (AvgIpc) is 3.14. The maximum atomic E-state index is 12.3. The van der Waals surface area contributed by atoms with E-state index in [1.807, 2.05) is 16.7 Å². The molecule has 4 heterocycles.